The molecule has 0 aliphatic rings. The maximum Gasteiger partial charge on any atom is 0.339 e. The standard InChI is InChI=1S/C20H20N2O6/c1-4-12(14-9-8-10(2)28-14)21-15-16(18(24)17(15)23)22-13-7-5-6-11(20(25)26)19(13)27-3/h5-9,12,21-22H,4H2,1-3H3,(H,25,26). The molecule has 3 aromatic rings. The summed E-state index contributed by atoms with van der Waals surface area (Å²) >= 11 is 0. The lowest BCUT2D eigenvalue weighted by atomic mass is 10.1. The summed E-state index contributed by atoms with van der Waals surface area (Å²) in [6.45, 7) is 3.75. The fourth-order valence-electron chi connectivity index (χ4n) is 3.00. The largest absolute Gasteiger partial charge is 0.494 e. The van der Waals surface area contributed by atoms with Gasteiger partial charge in [0.15, 0.2) is 5.75 Å². The fraction of sp³-hybridized carbons (Fsp3) is 0.250. The van der Waals surface area contributed by atoms with Crippen molar-refractivity contribution < 1.29 is 19.1 Å². The number of para-hydroxylation sites is 1. The number of anilines is 3. The number of hydrogen-bond donors (Lipinski definition) is 3. The first-order valence-corrected chi connectivity index (χ1v) is 8.70. The van der Waals surface area contributed by atoms with E-state index in [0.29, 0.717) is 12.2 Å². The third kappa shape index (κ3) is 3.36. The first kappa shape index (κ1) is 19.2. The molecule has 0 fully saturated rings. The molecule has 8 heteroatoms. The first-order chi connectivity index (χ1) is 13.4. The van der Waals surface area contributed by atoms with E-state index in [-0.39, 0.29) is 34.4 Å². The highest BCUT2D eigenvalue weighted by molar-refractivity contribution is 5.94. The van der Waals surface area contributed by atoms with Gasteiger partial charge < -0.3 is 24.9 Å². The molecule has 28 heavy (non-hydrogen) atoms. The lowest BCUT2D eigenvalue weighted by Gasteiger charge is -2.21. The van der Waals surface area contributed by atoms with Crippen LogP contribution in [0.25, 0.3) is 0 Å². The molecule has 0 saturated carbocycles. The number of carbonyl (C=O) groups is 1. The Balaban J connectivity index is 1.93. The molecule has 3 rings (SSSR count). The highest BCUT2D eigenvalue weighted by atomic mass is 16.5. The van der Waals surface area contributed by atoms with Crippen molar-refractivity contribution in [3.05, 3.63) is 67.9 Å². The quantitative estimate of drug-likeness (QED) is 0.507. The average Bonchev–Trinajstić information content (AvgIpc) is 3.12. The van der Waals surface area contributed by atoms with Gasteiger partial charge in [-0.25, -0.2) is 4.79 Å². The minimum Gasteiger partial charge on any atom is -0.494 e. The third-order valence-electron chi connectivity index (χ3n) is 4.45. The van der Waals surface area contributed by atoms with Crippen LogP contribution in [0, 0.1) is 6.92 Å². The molecular formula is C20H20N2O6. The maximum absolute atomic E-state index is 12.1. The van der Waals surface area contributed by atoms with E-state index < -0.39 is 16.8 Å². The Labute approximate surface area is 160 Å². The van der Waals surface area contributed by atoms with Gasteiger partial charge in [-0.05, 0) is 37.6 Å². The summed E-state index contributed by atoms with van der Waals surface area (Å²) in [4.78, 5) is 35.6. The third-order valence-corrected chi connectivity index (χ3v) is 4.45. The Bertz CT molecular complexity index is 1090. The van der Waals surface area contributed by atoms with Gasteiger partial charge in [-0.2, -0.15) is 0 Å². The van der Waals surface area contributed by atoms with Crippen molar-refractivity contribution in [1.82, 2.24) is 0 Å². The number of carboxylic acids is 1. The smallest absolute Gasteiger partial charge is 0.339 e. The molecule has 2 aromatic carbocycles. The molecule has 8 nitrogen and oxygen atoms in total. The van der Waals surface area contributed by atoms with Gasteiger partial charge >= 0.3 is 5.97 Å². The first-order valence-electron chi connectivity index (χ1n) is 8.70. The minimum absolute atomic E-state index is 0.0572. The summed E-state index contributed by atoms with van der Waals surface area (Å²) in [6, 6.07) is 7.83. The monoisotopic (exact) mass is 384 g/mol. The molecule has 0 radical (unpaired) electrons. The van der Waals surface area contributed by atoms with Crippen molar-refractivity contribution in [2.75, 3.05) is 17.7 Å². The molecule has 0 amide bonds. The molecule has 0 spiro atoms. The van der Waals surface area contributed by atoms with Crippen molar-refractivity contribution in [2.45, 2.75) is 26.3 Å². The number of carboxylic acid groups (broad SMARTS) is 1. The van der Waals surface area contributed by atoms with Crippen molar-refractivity contribution in [3.63, 3.8) is 0 Å². The van der Waals surface area contributed by atoms with Crippen molar-refractivity contribution in [1.29, 1.82) is 0 Å². The van der Waals surface area contributed by atoms with Gasteiger partial charge in [0.2, 0.25) is 0 Å². The zero-order chi connectivity index (χ0) is 20.4. The highest BCUT2D eigenvalue weighted by Crippen LogP contribution is 2.33. The lowest BCUT2D eigenvalue weighted by Crippen LogP contribution is -2.37. The topological polar surface area (TPSA) is 118 Å². The van der Waals surface area contributed by atoms with Crippen LogP contribution in [0.15, 0.2) is 44.3 Å². The number of methoxy groups -OCH3 is 1. The van der Waals surface area contributed by atoms with Crippen molar-refractivity contribution in [2.24, 2.45) is 0 Å². The van der Waals surface area contributed by atoms with Gasteiger partial charge in [0.1, 0.15) is 28.5 Å². The number of hydrogen-bond acceptors (Lipinski definition) is 7. The molecule has 146 valence electrons. The van der Waals surface area contributed by atoms with Gasteiger partial charge in [-0.3, -0.25) is 9.59 Å². The second-order valence-corrected chi connectivity index (χ2v) is 6.28. The second-order valence-electron chi connectivity index (χ2n) is 6.28. The zero-order valence-corrected chi connectivity index (χ0v) is 15.7. The minimum atomic E-state index is -1.16. The fourth-order valence-corrected chi connectivity index (χ4v) is 3.00. The summed E-state index contributed by atoms with van der Waals surface area (Å²) in [5.74, 6) is 0.309. The van der Waals surface area contributed by atoms with E-state index in [4.69, 9.17) is 9.15 Å². The molecule has 0 saturated heterocycles. The van der Waals surface area contributed by atoms with E-state index in [0.717, 1.165) is 5.76 Å². The van der Waals surface area contributed by atoms with Crippen molar-refractivity contribution in [3.8, 4) is 5.75 Å². The molecule has 0 aliphatic carbocycles. The van der Waals surface area contributed by atoms with Crippen LogP contribution in [0.2, 0.25) is 0 Å². The predicted molar refractivity (Wildman–Crippen MR) is 105 cm³/mol. The number of aromatic carboxylic acids is 1. The molecule has 0 bridgehead atoms. The Morgan fingerprint density at radius 3 is 2.46 bits per heavy atom. The number of ether oxygens (including phenoxy) is 1. The van der Waals surface area contributed by atoms with Gasteiger partial charge in [0.25, 0.3) is 10.9 Å². The summed E-state index contributed by atoms with van der Waals surface area (Å²) < 4.78 is 10.8. The molecule has 1 aromatic heterocycles. The van der Waals surface area contributed by atoms with Gasteiger partial charge in [0.05, 0.1) is 18.8 Å². The Hall–Kier alpha value is -3.55. The molecular weight excluding hydrogens is 364 g/mol. The van der Waals surface area contributed by atoms with Crippen LogP contribution in [-0.2, 0) is 0 Å². The number of rotatable bonds is 8. The summed E-state index contributed by atoms with van der Waals surface area (Å²) in [5, 5.41) is 15.2. The second kappa shape index (κ2) is 7.59. The number of nitrogens with one attached hydrogen (secondary N) is 2. The van der Waals surface area contributed by atoms with Crippen LogP contribution in [0.5, 0.6) is 5.75 Å². The Morgan fingerprint density at radius 2 is 1.89 bits per heavy atom. The predicted octanol–water partition coefficient (Wildman–Crippen LogP) is 3.20. The Kier molecular flexibility index (Phi) is 5.21. The van der Waals surface area contributed by atoms with Gasteiger partial charge in [-0.15, -0.1) is 0 Å². The molecule has 1 heterocycles. The van der Waals surface area contributed by atoms with Crippen LogP contribution in [0.1, 0.15) is 41.3 Å². The maximum atomic E-state index is 12.1. The lowest BCUT2D eigenvalue weighted by molar-refractivity contribution is 0.0693. The summed E-state index contributed by atoms with van der Waals surface area (Å²) in [6.07, 6.45) is 0.628. The zero-order valence-electron chi connectivity index (χ0n) is 15.7. The van der Waals surface area contributed by atoms with E-state index in [9.17, 15) is 19.5 Å². The van der Waals surface area contributed by atoms with E-state index in [1.54, 1.807) is 6.07 Å². The number of benzene rings is 1. The average molecular weight is 384 g/mol. The molecule has 1 unspecified atom stereocenters. The molecule has 0 aliphatic heterocycles. The van der Waals surface area contributed by atoms with Gasteiger partial charge in [0, 0.05) is 0 Å². The molecule has 1 atom stereocenters. The number of aryl methyl sites for hydroxylation is 1. The van der Waals surface area contributed by atoms with Crippen LogP contribution in [0.3, 0.4) is 0 Å². The van der Waals surface area contributed by atoms with E-state index in [1.807, 2.05) is 26.0 Å². The number of furan rings is 1. The van der Waals surface area contributed by atoms with Crippen LogP contribution in [-0.4, -0.2) is 18.2 Å². The van der Waals surface area contributed by atoms with Crippen LogP contribution >= 0.6 is 0 Å². The van der Waals surface area contributed by atoms with Gasteiger partial charge in [-0.1, -0.05) is 13.0 Å². The SMILES string of the molecule is CCC(Nc1c(Nc2cccc(C(=O)O)c2OC)c(=O)c1=O)c1ccc(C)o1. The Morgan fingerprint density at radius 1 is 1.18 bits per heavy atom. The normalized spacial score (nSPS) is 12.0. The summed E-state index contributed by atoms with van der Waals surface area (Å²) in [7, 11) is 1.33. The van der Waals surface area contributed by atoms with Crippen LogP contribution in [0.4, 0.5) is 17.1 Å². The molecule has 3 N–H and O–H groups in total. The highest BCUT2D eigenvalue weighted by Gasteiger charge is 2.26. The van der Waals surface area contributed by atoms with E-state index in [2.05, 4.69) is 10.6 Å². The van der Waals surface area contributed by atoms with Crippen molar-refractivity contribution >= 4 is 23.0 Å². The van der Waals surface area contributed by atoms with Crippen LogP contribution < -0.4 is 26.2 Å². The van der Waals surface area contributed by atoms with E-state index >= 15 is 0 Å². The summed E-state index contributed by atoms with van der Waals surface area (Å²) in [5.41, 5.74) is -0.910. The van der Waals surface area contributed by atoms with E-state index in [1.165, 1.54) is 19.2 Å².